The smallest absolute Gasteiger partial charge is 0.400 e. The van der Waals surface area contributed by atoms with Crippen LogP contribution < -0.4 is 5.32 Å². The molecule has 0 unspecified atom stereocenters. The van der Waals surface area contributed by atoms with Gasteiger partial charge in [-0.2, -0.15) is 5.26 Å². The predicted octanol–water partition coefficient (Wildman–Crippen LogP) is 0.0620. The van der Waals surface area contributed by atoms with E-state index >= 15 is 0 Å². The van der Waals surface area contributed by atoms with Gasteiger partial charge in [0.2, 0.25) is 11.5 Å². The number of hydrogen-bond donors (Lipinski definition) is 1. The number of carbonyl (C=O) groups excluding carboxylic acids is 2. The highest BCUT2D eigenvalue weighted by molar-refractivity contribution is 6.45. The number of hydrogen-bond acceptors (Lipinski definition) is 6. The van der Waals surface area contributed by atoms with Gasteiger partial charge < -0.3 is 14.6 Å². The molecule has 0 radical (unpaired) electrons. The molecule has 0 aliphatic carbocycles. The molecule has 1 rings (SSSR count). The van der Waals surface area contributed by atoms with Crippen molar-refractivity contribution in [3.63, 3.8) is 0 Å². The minimum Gasteiger partial charge on any atom is -0.457 e. The van der Waals surface area contributed by atoms with E-state index in [1.165, 1.54) is 31.5 Å². The van der Waals surface area contributed by atoms with Crippen molar-refractivity contribution < 1.29 is 18.8 Å². The van der Waals surface area contributed by atoms with Gasteiger partial charge in [-0.15, -0.1) is 0 Å². The minimum absolute atomic E-state index is 0.0713. The quantitative estimate of drug-likeness (QED) is 0.441. The Bertz CT molecular complexity index is 456. The Kier molecular flexibility index (Phi) is 3.80. The molecule has 7 nitrogen and oxygen atoms in total. The van der Waals surface area contributed by atoms with Crippen LogP contribution >= 0.6 is 0 Å². The first kappa shape index (κ1) is 11.5. The van der Waals surface area contributed by atoms with E-state index in [-0.39, 0.29) is 5.76 Å². The molecule has 0 bridgehead atoms. The summed E-state index contributed by atoms with van der Waals surface area (Å²) in [5.41, 5.74) is -0.553. The van der Waals surface area contributed by atoms with Gasteiger partial charge in [0.15, 0.2) is 0 Å². The lowest BCUT2D eigenvalue weighted by Crippen LogP contribution is -2.26. The first-order valence-electron chi connectivity index (χ1n) is 4.14. The van der Waals surface area contributed by atoms with Gasteiger partial charge in [0.25, 0.3) is 5.91 Å². The number of nitrogens with one attached hydrogen (secondary N) is 1. The minimum atomic E-state index is -0.887. The molecule has 7 heteroatoms. The van der Waals surface area contributed by atoms with E-state index in [1.54, 1.807) is 0 Å². The van der Waals surface area contributed by atoms with Crippen molar-refractivity contribution in [1.82, 2.24) is 5.32 Å². The SMILES string of the molecule is CNC(=O)/C(C#N)=N/OC(=O)c1ccco1. The predicted molar refractivity (Wildman–Crippen MR) is 51.2 cm³/mol. The van der Waals surface area contributed by atoms with Crippen LogP contribution in [0.15, 0.2) is 28.0 Å². The Balaban J connectivity index is 2.69. The summed E-state index contributed by atoms with van der Waals surface area (Å²) >= 11 is 0. The molecule has 82 valence electrons. The van der Waals surface area contributed by atoms with Gasteiger partial charge in [-0.05, 0) is 12.1 Å². The highest BCUT2D eigenvalue weighted by atomic mass is 16.7. The van der Waals surface area contributed by atoms with Gasteiger partial charge in [-0.25, -0.2) is 4.79 Å². The standard InChI is InChI=1S/C9H7N3O4/c1-11-8(13)6(5-10)12-16-9(14)7-3-2-4-15-7/h2-4H,1H3,(H,11,13)/b12-6+. The average molecular weight is 221 g/mol. The van der Waals surface area contributed by atoms with E-state index < -0.39 is 17.6 Å². The fourth-order valence-electron chi connectivity index (χ4n) is 0.758. The second-order valence-electron chi connectivity index (χ2n) is 2.49. The maximum atomic E-state index is 11.2. The van der Waals surface area contributed by atoms with E-state index in [4.69, 9.17) is 9.68 Å². The van der Waals surface area contributed by atoms with Crippen LogP contribution in [0.3, 0.4) is 0 Å². The maximum Gasteiger partial charge on any atom is 0.400 e. The Hall–Kier alpha value is -2.62. The zero-order valence-electron chi connectivity index (χ0n) is 8.26. The topological polar surface area (TPSA) is 105 Å². The lowest BCUT2D eigenvalue weighted by atomic mass is 10.4. The summed E-state index contributed by atoms with van der Waals surface area (Å²) in [7, 11) is 1.32. The van der Waals surface area contributed by atoms with Gasteiger partial charge in [-0.1, -0.05) is 5.16 Å². The molecule has 0 saturated carbocycles. The monoisotopic (exact) mass is 221 g/mol. The Morgan fingerprint density at radius 1 is 1.62 bits per heavy atom. The summed E-state index contributed by atoms with van der Waals surface area (Å²) in [6.07, 6.45) is 1.28. The molecular formula is C9H7N3O4. The Morgan fingerprint density at radius 2 is 2.38 bits per heavy atom. The summed E-state index contributed by atoms with van der Waals surface area (Å²) in [5.74, 6) is -1.70. The number of rotatable bonds is 3. The van der Waals surface area contributed by atoms with Crippen LogP contribution in [0.2, 0.25) is 0 Å². The summed E-state index contributed by atoms with van der Waals surface area (Å²) in [6.45, 7) is 0. The van der Waals surface area contributed by atoms with Crippen molar-refractivity contribution in [2.24, 2.45) is 5.16 Å². The third-order valence-corrected chi connectivity index (χ3v) is 1.49. The van der Waals surface area contributed by atoms with Gasteiger partial charge in [-0.3, -0.25) is 4.79 Å². The molecule has 0 aromatic carbocycles. The van der Waals surface area contributed by atoms with Crippen molar-refractivity contribution in [3.8, 4) is 6.07 Å². The second kappa shape index (κ2) is 5.31. The Labute approximate surface area is 90.3 Å². The van der Waals surface area contributed by atoms with Crippen LogP contribution in [0.1, 0.15) is 10.6 Å². The van der Waals surface area contributed by atoms with Crippen LogP contribution in [0, 0.1) is 11.3 Å². The largest absolute Gasteiger partial charge is 0.457 e. The fraction of sp³-hybridized carbons (Fsp3) is 0.111. The Morgan fingerprint density at radius 3 is 2.88 bits per heavy atom. The van der Waals surface area contributed by atoms with Gasteiger partial charge in [0.1, 0.15) is 6.07 Å². The number of furan rings is 1. The molecule has 0 spiro atoms. The number of nitriles is 1. The molecule has 0 fully saturated rings. The normalized spacial score (nSPS) is 10.4. The molecule has 1 aromatic heterocycles. The van der Waals surface area contributed by atoms with Gasteiger partial charge in [0, 0.05) is 7.05 Å². The average Bonchev–Trinajstić information content (AvgIpc) is 2.82. The fourth-order valence-corrected chi connectivity index (χ4v) is 0.758. The zero-order chi connectivity index (χ0) is 12.0. The van der Waals surface area contributed by atoms with Gasteiger partial charge in [0.05, 0.1) is 6.26 Å². The summed E-state index contributed by atoms with van der Waals surface area (Å²) in [6, 6.07) is 4.34. The number of nitrogens with zero attached hydrogens (tertiary/aromatic N) is 2. The molecule has 0 aliphatic rings. The lowest BCUT2D eigenvalue weighted by molar-refractivity contribution is -0.114. The van der Waals surface area contributed by atoms with Gasteiger partial charge >= 0.3 is 5.97 Å². The van der Waals surface area contributed by atoms with E-state index in [0.717, 1.165) is 0 Å². The molecule has 0 atom stereocenters. The molecule has 1 heterocycles. The van der Waals surface area contributed by atoms with Crippen molar-refractivity contribution in [3.05, 3.63) is 24.2 Å². The number of carbonyl (C=O) groups is 2. The third-order valence-electron chi connectivity index (χ3n) is 1.49. The molecule has 1 aromatic rings. The van der Waals surface area contributed by atoms with E-state index in [1.807, 2.05) is 0 Å². The summed E-state index contributed by atoms with van der Waals surface area (Å²) in [5, 5.41) is 13.8. The van der Waals surface area contributed by atoms with Crippen molar-refractivity contribution in [1.29, 1.82) is 5.26 Å². The third kappa shape index (κ3) is 2.68. The number of amides is 1. The molecule has 16 heavy (non-hydrogen) atoms. The van der Waals surface area contributed by atoms with E-state index in [0.29, 0.717) is 0 Å². The van der Waals surface area contributed by atoms with E-state index in [9.17, 15) is 9.59 Å². The van der Waals surface area contributed by atoms with Crippen molar-refractivity contribution in [2.45, 2.75) is 0 Å². The second-order valence-corrected chi connectivity index (χ2v) is 2.49. The lowest BCUT2D eigenvalue weighted by Gasteiger charge is -1.95. The van der Waals surface area contributed by atoms with Crippen molar-refractivity contribution >= 4 is 17.6 Å². The van der Waals surface area contributed by atoms with Crippen LogP contribution in [0.5, 0.6) is 0 Å². The van der Waals surface area contributed by atoms with Crippen LogP contribution in [-0.4, -0.2) is 24.6 Å². The zero-order valence-corrected chi connectivity index (χ0v) is 8.26. The van der Waals surface area contributed by atoms with Crippen LogP contribution in [0.25, 0.3) is 0 Å². The van der Waals surface area contributed by atoms with E-state index in [2.05, 4.69) is 15.3 Å². The highest BCUT2D eigenvalue weighted by Gasteiger charge is 2.13. The summed E-state index contributed by atoms with van der Waals surface area (Å²) < 4.78 is 4.72. The number of oxime groups is 1. The van der Waals surface area contributed by atoms with Crippen LogP contribution in [0.4, 0.5) is 0 Å². The summed E-state index contributed by atoms with van der Waals surface area (Å²) in [4.78, 5) is 26.5. The molecule has 1 amide bonds. The maximum absolute atomic E-state index is 11.2. The van der Waals surface area contributed by atoms with Crippen molar-refractivity contribution in [2.75, 3.05) is 7.05 Å². The van der Waals surface area contributed by atoms with Crippen LogP contribution in [-0.2, 0) is 9.63 Å². The molecular weight excluding hydrogens is 214 g/mol. The molecule has 0 aliphatic heterocycles. The highest BCUT2D eigenvalue weighted by Crippen LogP contribution is 2.02. The molecule has 1 N–H and O–H groups in total. The molecule has 0 saturated heterocycles. The first-order chi connectivity index (χ1) is 7.69. The first-order valence-corrected chi connectivity index (χ1v) is 4.14.